The van der Waals surface area contributed by atoms with Crippen LogP contribution in [0.15, 0.2) is 60.3 Å². The highest BCUT2D eigenvalue weighted by atomic mass is 35.5. The number of thioether (sulfide) groups is 1. The Hall–Kier alpha value is -2.84. The van der Waals surface area contributed by atoms with Crippen LogP contribution in [0.3, 0.4) is 0 Å². The molecule has 30 heavy (non-hydrogen) atoms. The predicted octanol–water partition coefficient (Wildman–Crippen LogP) is 4.87. The Kier molecular flexibility index (Phi) is 7.48. The first kappa shape index (κ1) is 21.9. The van der Waals surface area contributed by atoms with Crippen LogP contribution in [0.5, 0.6) is 5.75 Å². The number of nitrogens with zero attached hydrogens (tertiary/aromatic N) is 3. The van der Waals surface area contributed by atoms with Gasteiger partial charge in [-0.3, -0.25) is 9.36 Å². The molecular weight excluding hydrogens is 427 g/mol. The number of hydrogen-bond donors (Lipinski definition) is 1. The number of halogens is 2. The first-order valence-corrected chi connectivity index (χ1v) is 10.4. The van der Waals surface area contributed by atoms with Gasteiger partial charge in [0.2, 0.25) is 5.91 Å². The van der Waals surface area contributed by atoms with E-state index in [0.29, 0.717) is 23.3 Å². The van der Waals surface area contributed by atoms with E-state index < -0.39 is 5.82 Å². The van der Waals surface area contributed by atoms with Gasteiger partial charge in [-0.15, -0.1) is 16.8 Å². The van der Waals surface area contributed by atoms with Gasteiger partial charge in [0.25, 0.3) is 0 Å². The summed E-state index contributed by atoms with van der Waals surface area (Å²) in [5.74, 6) is 0.495. The Labute approximate surface area is 183 Å². The highest BCUT2D eigenvalue weighted by molar-refractivity contribution is 7.99. The van der Waals surface area contributed by atoms with Crippen LogP contribution in [0.4, 0.5) is 10.1 Å². The topological polar surface area (TPSA) is 69.0 Å². The molecule has 0 saturated carbocycles. The molecule has 0 aliphatic carbocycles. The predicted molar refractivity (Wildman–Crippen MR) is 116 cm³/mol. The van der Waals surface area contributed by atoms with Crippen molar-refractivity contribution in [3.8, 4) is 5.75 Å². The van der Waals surface area contributed by atoms with Gasteiger partial charge in [-0.25, -0.2) is 4.39 Å². The number of carbonyl (C=O) groups is 1. The SMILES string of the molecule is C=CCn1c(COc2ccc(F)c(Cl)c2)nnc1SCC(=O)Nc1cccc(C)c1. The van der Waals surface area contributed by atoms with E-state index in [1.807, 2.05) is 35.8 Å². The molecule has 0 spiro atoms. The normalized spacial score (nSPS) is 10.6. The number of aryl methyl sites for hydroxylation is 1. The van der Waals surface area contributed by atoms with Crippen molar-refractivity contribution in [3.63, 3.8) is 0 Å². The van der Waals surface area contributed by atoms with Gasteiger partial charge in [-0.2, -0.15) is 0 Å². The first-order valence-electron chi connectivity index (χ1n) is 9.06. The minimum Gasteiger partial charge on any atom is -0.486 e. The van der Waals surface area contributed by atoms with Crippen LogP contribution in [-0.2, 0) is 17.9 Å². The Morgan fingerprint density at radius 2 is 2.17 bits per heavy atom. The van der Waals surface area contributed by atoms with Crippen LogP contribution in [0.2, 0.25) is 5.02 Å². The fourth-order valence-corrected chi connectivity index (χ4v) is 3.55. The summed E-state index contributed by atoms with van der Waals surface area (Å²) in [5, 5.41) is 11.7. The fraction of sp³-hybridized carbons (Fsp3) is 0.190. The zero-order valence-corrected chi connectivity index (χ0v) is 17.8. The van der Waals surface area contributed by atoms with Crippen molar-refractivity contribution in [3.05, 3.63) is 77.3 Å². The smallest absolute Gasteiger partial charge is 0.234 e. The number of aromatic nitrogens is 3. The number of rotatable bonds is 9. The largest absolute Gasteiger partial charge is 0.486 e. The van der Waals surface area contributed by atoms with Crippen molar-refractivity contribution in [1.29, 1.82) is 0 Å². The van der Waals surface area contributed by atoms with Gasteiger partial charge in [0.15, 0.2) is 11.0 Å². The summed E-state index contributed by atoms with van der Waals surface area (Å²) in [5.41, 5.74) is 1.82. The molecule has 0 radical (unpaired) electrons. The Morgan fingerprint density at radius 1 is 1.33 bits per heavy atom. The van der Waals surface area contributed by atoms with Crippen LogP contribution < -0.4 is 10.1 Å². The molecule has 1 heterocycles. The molecule has 3 rings (SSSR count). The first-order chi connectivity index (χ1) is 14.5. The van der Waals surface area contributed by atoms with Crippen LogP contribution >= 0.6 is 23.4 Å². The lowest BCUT2D eigenvalue weighted by molar-refractivity contribution is -0.113. The molecule has 0 aliphatic rings. The number of benzene rings is 2. The number of nitrogens with one attached hydrogen (secondary N) is 1. The van der Waals surface area contributed by atoms with Gasteiger partial charge in [0, 0.05) is 18.3 Å². The molecule has 6 nitrogen and oxygen atoms in total. The molecule has 0 unspecified atom stereocenters. The third-order valence-corrected chi connectivity index (χ3v) is 5.25. The Morgan fingerprint density at radius 3 is 2.90 bits per heavy atom. The van der Waals surface area contributed by atoms with Gasteiger partial charge >= 0.3 is 0 Å². The van der Waals surface area contributed by atoms with Crippen molar-refractivity contribution in [2.75, 3.05) is 11.1 Å². The minimum atomic E-state index is -0.513. The van der Waals surface area contributed by atoms with E-state index >= 15 is 0 Å². The van der Waals surface area contributed by atoms with Gasteiger partial charge in [0.05, 0.1) is 10.8 Å². The molecule has 0 bridgehead atoms. The average molecular weight is 447 g/mol. The minimum absolute atomic E-state index is 0.0177. The summed E-state index contributed by atoms with van der Waals surface area (Å²) in [6.45, 7) is 6.28. The summed E-state index contributed by atoms with van der Waals surface area (Å²) < 4.78 is 20.7. The van der Waals surface area contributed by atoms with Crippen LogP contribution in [-0.4, -0.2) is 26.4 Å². The maximum absolute atomic E-state index is 13.3. The number of hydrogen-bond acceptors (Lipinski definition) is 5. The van der Waals surface area contributed by atoms with E-state index in [4.69, 9.17) is 16.3 Å². The lowest BCUT2D eigenvalue weighted by Crippen LogP contribution is -2.15. The Bertz CT molecular complexity index is 1060. The van der Waals surface area contributed by atoms with E-state index in [9.17, 15) is 9.18 Å². The summed E-state index contributed by atoms with van der Waals surface area (Å²) in [4.78, 5) is 12.3. The van der Waals surface area contributed by atoms with E-state index in [0.717, 1.165) is 11.3 Å². The van der Waals surface area contributed by atoms with E-state index in [1.165, 1.54) is 30.0 Å². The number of carbonyl (C=O) groups excluding carboxylic acids is 1. The number of allylic oxidation sites excluding steroid dienone is 1. The van der Waals surface area contributed by atoms with E-state index in [2.05, 4.69) is 22.1 Å². The summed E-state index contributed by atoms with van der Waals surface area (Å²) in [7, 11) is 0. The second-order valence-corrected chi connectivity index (χ2v) is 7.72. The highest BCUT2D eigenvalue weighted by Gasteiger charge is 2.14. The molecule has 1 aromatic heterocycles. The van der Waals surface area contributed by atoms with Crippen molar-refractivity contribution < 1.29 is 13.9 Å². The standard InChI is InChI=1S/C21H20ClFN4O2S/c1-3-9-27-19(12-29-16-7-8-18(23)17(22)11-16)25-26-21(27)30-13-20(28)24-15-6-4-5-14(2)10-15/h3-8,10-11H,1,9,12-13H2,2H3,(H,24,28). The Balaban J connectivity index is 1.62. The lowest BCUT2D eigenvalue weighted by atomic mass is 10.2. The molecule has 0 atom stereocenters. The molecule has 0 fully saturated rings. The van der Waals surface area contributed by atoms with Crippen LogP contribution in [0, 0.1) is 12.7 Å². The lowest BCUT2D eigenvalue weighted by Gasteiger charge is -2.10. The molecule has 1 N–H and O–H groups in total. The zero-order chi connectivity index (χ0) is 21.5. The van der Waals surface area contributed by atoms with Gasteiger partial charge in [-0.05, 0) is 36.8 Å². The van der Waals surface area contributed by atoms with Crippen LogP contribution in [0.25, 0.3) is 0 Å². The van der Waals surface area contributed by atoms with Gasteiger partial charge < -0.3 is 10.1 Å². The van der Waals surface area contributed by atoms with E-state index in [1.54, 1.807) is 6.08 Å². The number of amides is 1. The van der Waals surface area contributed by atoms with Gasteiger partial charge in [-0.1, -0.05) is 41.6 Å². The molecule has 2 aromatic carbocycles. The van der Waals surface area contributed by atoms with Crippen molar-refractivity contribution in [2.45, 2.75) is 25.2 Å². The molecule has 0 saturated heterocycles. The van der Waals surface area contributed by atoms with E-state index in [-0.39, 0.29) is 23.3 Å². The quantitative estimate of drug-likeness (QED) is 0.375. The molecular formula is C21H20ClFN4O2S. The molecule has 3 aromatic rings. The van der Waals surface area contributed by atoms with Crippen LogP contribution in [0.1, 0.15) is 11.4 Å². The van der Waals surface area contributed by atoms with Crippen molar-refractivity contribution in [1.82, 2.24) is 14.8 Å². The fourth-order valence-electron chi connectivity index (χ4n) is 2.61. The maximum Gasteiger partial charge on any atom is 0.234 e. The molecule has 1 amide bonds. The highest BCUT2D eigenvalue weighted by Crippen LogP contribution is 2.23. The summed E-state index contributed by atoms with van der Waals surface area (Å²) in [6.07, 6.45) is 1.71. The molecule has 156 valence electrons. The maximum atomic E-state index is 13.3. The molecule has 0 aliphatic heterocycles. The summed E-state index contributed by atoms with van der Waals surface area (Å²) >= 11 is 7.04. The number of anilines is 1. The average Bonchev–Trinajstić information content (AvgIpc) is 3.09. The second-order valence-electron chi connectivity index (χ2n) is 6.37. The number of ether oxygens (including phenoxy) is 1. The third-order valence-electron chi connectivity index (χ3n) is 4.00. The monoisotopic (exact) mass is 446 g/mol. The summed E-state index contributed by atoms with van der Waals surface area (Å²) in [6, 6.07) is 11.7. The van der Waals surface area contributed by atoms with Crippen molar-refractivity contribution in [2.24, 2.45) is 0 Å². The van der Waals surface area contributed by atoms with Gasteiger partial charge in [0.1, 0.15) is 18.2 Å². The second kappa shape index (κ2) is 10.3. The third kappa shape index (κ3) is 5.84. The zero-order valence-electron chi connectivity index (χ0n) is 16.3. The molecule has 9 heteroatoms. The van der Waals surface area contributed by atoms with Crippen molar-refractivity contribution >= 4 is 35.0 Å².